The fourth-order valence-electron chi connectivity index (χ4n) is 4.02. The first-order chi connectivity index (χ1) is 11.7. The molecule has 5 nitrogen and oxygen atoms in total. The normalized spacial score (nSPS) is 23.5. The SMILES string of the molecule is COc1cc2c(cc1OC)[C@H]1CC(=O)C[C@H](c3ccco3)N1CC2. The first kappa shape index (κ1) is 15.3. The Labute approximate surface area is 141 Å². The summed E-state index contributed by atoms with van der Waals surface area (Å²) < 4.78 is 16.5. The van der Waals surface area contributed by atoms with E-state index in [2.05, 4.69) is 4.90 Å². The molecule has 1 saturated heterocycles. The second-order valence-electron chi connectivity index (χ2n) is 6.39. The minimum Gasteiger partial charge on any atom is -0.493 e. The van der Waals surface area contributed by atoms with E-state index < -0.39 is 0 Å². The molecule has 2 aliphatic heterocycles. The quantitative estimate of drug-likeness (QED) is 0.866. The lowest BCUT2D eigenvalue weighted by atomic mass is 9.83. The summed E-state index contributed by atoms with van der Waals surface area (Å²) in [6, 6.07) is 8.02. The number of fused-ring (bicyclic) bond motifs is 3. The highest BCUT2D eigenvalue weighted by atomic mass is 16.5. The van der Waals surface area contributed by atoms with Crippen LogP contribution in [0.5, 0.6) is 11.5 Å². The van der Waals surface area contributed by atoms with Gasteiger partial charge in [0.2, 0.25) is 0 Å². The van der Waals surface area contributed by atoms with Crippen LogP contribution in [-0.4, -0.2) is 31.4 Å². The van der Waals surface area contributed by atoms with Crippen LogP contribution < -0.4 is 9.47 Å². The zero-order valence-corrected chi connectivity index (χ0v) is 14.0. The van der Waals surface area contributed by atoms with Crippen molar-refractivity contribution in [2.75, 3.05) is 20.8 Å². The molecular formula is C19H21NO4. The molecule has 126 valence electrons. The number of rotatable bonds is 3. The Morgan fingerprint density at radius 2 is 1.88 bits per heavy atom. The highest BCUT2D eigenvalue weighted by Crippen LogP contribution is 2.46. The molecule has 0 N–H and O–H groups in total. The molecule has 0 spiro atoms. The molecule has 0 aliphatic carbocycles. The van der Waals surface area contributed by atoms with Gasteiger partial charge in [-0.25, -0.2) is 0 Å². The number of furan rings is 1. The molecule has 1 fully saturated rings. The van der Waals surface area contributed by atoms with E-state index in [1.165, 1.54) is 11.1 Å². The first-order valence-electron chi connectivity index (χ1n) is 8.27. The molecule has 2 aliphatic rings. The number of ketones is 1. The average molecular weight is 327 g/mol. The van der Waals surface area contributed by atoms with Crippen molar-refractivity contribution in [1.82, 2.24) is 4.90 Å². The number of nitrogens with zero attached hydrogens (tertiary/aromatic N) is 1. The first-order valence-corrected chi connectivity index (χ1v) is 8.27. The van der Waals surface area contributed by atoms with Gasteiger partial charge < -0.3 is 13.9 Å². The summed E-state index contributed by atoms with van der Waals surface area (Å²) in [6.07, 6.45) is 3.67. The highest BCUT2D eigenvalue weighted by Gasteiger charge is 2.40. The Morgan fingerprint density at radius 3 is 2.58 bits per heavy atom. The third-order valence-corrected chi connectivity index (χ3v) is 5.16. The monoisotopic (exact) mass is 327 g/mol. The number of hydrogen-bond donors (Lipinski definition) is 0. The van der Waals surface area contributed by atoms with E-state index in [9.17, 15) is 4.79 Å². The fourth-order valence-corrected chi connectivity index (χ4v) is 4.02. The van der Waals surface area contributed by atoms with E-state index in [0.29, 0.717) is 18.6 Å². The molecule has 4 rings (SSSR count). The summed E-state index contributed by atoms with van der Waals surface area (Å²) in [5, 5.41) is 0. The lowest BCUT2D eigenvalue weighted by Gasteiger charge is -2.44. The summed E-state index contributed by atoms with van der Waals surface area (Å²) in [6.45, 7) is 0.909. The van der Waals surface area contributed by atoms with Gasteiger partial charge in [0.15, 0.2) is 11.5 Å². The Hall–Kier alpha value is -2.27. The third-order valence-electron chi connectivity index (χ3n) is 5.16. The fraction of sp³-hybridized carbons (Fsp3) is 0.421. The maximum Gasteiger partial charge on any atom is 0.161 e. The molecule has 2 aromatic rings. The summed E-state index contributed by atoms with van der Waals surface area (Å²) >= 11 is 0. The predicted molar refractivity (Wildman–Crippen MR) is 88.4 cm³/mol. The zero-order chi connectivity index (χ0) is 16.7. The molecule has 0 amide bonds. The van der Waals surface area contributed by atoms with Crippen molar-refractivity contribution in [1.29, 1.82) is 0 Å². The molecule has 0 bridgehead atoms. The number of carbonyl (C=O) groups excluding carboxylic acids is 1. The molecule has 0 radical (unpaired) electrons. The van der Waals surface area contributed by atoms with E-state index >= 15 is 0 Å². The van der Waals surface area contributed by atoms with Gasteiger partial charge >= 0.3 is 0 Å². The van der Waals surface area contributed by atoms with Gasteiger partial charge in [0.25, 0.3) is 0 Å². The van der Waals surface area contributed by atoms with Gasteiger partial charge in [-0.15, -0.1) is 0 Å². The minimum absolute atomic E-state index is 0.0208. The van der Waals surface area contributed by atoms with Gasteiger partial charge in [0.05, 0.1) is 26.5 Å². The van der Waals surface area contributed by atoms with Crippen molar-refractivity contribution in [3.8, 4) is 11.5 Å². The topological polar surface area (TPSA) is 51.9 Å². The van der Waals surface area contributed by atoms with Crippen molar-refractivity contribution in [2.24, 2.45) is 0 Å². The van der Waals surface area contributed by atoms with Gasteiger partial charge in [0.1, 0.15) is 11.5 Å². The summed E-state index contributed by atoms with van der Waals surface area (Å²) in [7, 11) is 3.29. The van der Waals surface area contributed by atoms with Crippen LogP contribution in [0.3, 0.4) is 0 Å². The van der Waals surface area contributed by atoms with Gasteiger partial charge in [-0.2, -0.15) is 0 Å². The maximum absolute atomic E-state index is 12.4. The van der Waals surface area contributed by atoms with Gasteiger partial charge in [-0.3, -0.25) is 9.69 Å². The van der Waals surface area contributed by atoms with E-state index in [1.807, 2.05) is 24.3 Å². The largest absolute Gasteiger partial charge is 0.493 e. The van der Waals surface area contributed by atoms with Crippen LogP contribution >= 0.6 is 0 Å². The van der Waals surface area contributed by atoms with Crippen LogP contribution in [0.15, 0.2) is 34.9 Å². The Balaban J connectivity index is 1.76. The van der Waals surface area contributed by atoms with Crippen molar-refractivity contribution >= 4 is 5.78 Å². The Morgan fingerprint density at radius 1 is 1.12 bits per heavy atom. The summed E-state index contributed by atoms with van der Waals surface area (Å²) in [4.78, 5) is 14.8. The molecule has 1 aromatic carbocycles. The number of benzene rings is 1. The molecular weight excluding hydrogens is 306 g/mol. The lowest BCUT2D eigenvalue weighted by Crippen LogP contribution is -2.43. The molecule has 2 atom stereocenters. The molecule has 3 heterocycles. The van der Waals surface area contributed by atoms with Gasteiger partial charge in [0, 0.05) is 25.4 Å². The number of ether oxygens (including phenoxy) is 2. The van der Waals surface area contributed by atoms with E-state index in [-0.39, 0.29) is 17.9 Å². The zero-order valence-electron chi connectivity index (χ0n) is 14.0. The summed E-state index contributed by atoms with van der Waals surface area (Å²) in [5.41, 5.74) is 2.41. The molecule has 0 unspecified atom stereocenters. The van der Waals surface area contributed by atoms with E-state index in [0.717, 1.165) is 24.5 Å². The lowest BCUT2D eigenvalue weighted by molar-refractivity contribution is -0.126. The number of Topliss-reactive ketones (excluding diaryl/α,β-unsaturated/α-hetero) is 1. The second kappa shape index (κ2) is 5.98. The third kappa shape index (κ3) is 2.40. The number of piperidine rings is 1. The second-order valence-corrected chi connectivity index (χ2v) is 6.39. The average Bonchev–Trinajstić information content (AvgIpc) is 3.14. The maximum atomic E-state index is 12.4. The van der Waals surface area contributed by atoms with E-state index in [1.54, 1.807) is 20.5 Å². The van der Waals surface area contributed by atoms with Gasteiger partial charge in [-0.05, 0) is 41.8 Å². The molecule has 5 heteroatoms. The smallest absolute Gasteiger partial charge is 0.161 e. The van der Waals surface area contributed by atoms with Crippen LogP contribution in [0.1, 0.15) is 41.8 Å². The van der Waals surface area contributed by atoms with Gasteiger partial charge in [-0.1, -0.05) is 0 Å². The Kier molecular flexibility index (Phi) is 3.81. The predicted octanol–water partition coefficient (Wildman–Crippen LogP) is 3.30. The number of carbonyl (C=O) groups is 1. The van der Waals surface area contributed by atoms with Crippen LogP contribution in [0.2, 0.25) is 0 Å². The summed E-state index contributed by atoms with van der Waals surface area (Å²) in [5.74, 6) is 2.61. The van der Waals surface area contributed by atoms with Crippen molar-refractivity contribution in [3.05, 3.63) is 47.4 Å². The van der Waals surface area contributed by atoms with Crippen molar-refractivity contribution < 1.29 is 18.7 Å². The minimum atomic E-state index is 0.0208. The molecule has 0 saturated carbocycles. The van der Waals surface area contributed by atoms with Crippen LogP contribution in [0, 0.1) is 0 Å². The number of hydrogen-bond acceptors (Lipinski definition) is 5. The highest BCUT2D eigenvalue weighted by molar-refractivity contribution is 5.81. The Bertz CT molecular complexity index is 753. The van der Waals surface area contributed by atoms with Crippen molar-refractivity contribution in [3.63, 3.8) is 0 Å². The van der Waals surface area contributed by atoms with Crippen LogP contribution in [-0.2, 0) is 11.2 Å². The van der Waals surface area contributed by atoms with Crippen molar-refractivity contribution in [2.45, 2.75) is 31.3 Å². The van der Waals surface area contributed by atoms with Crippen LogP contribution in [0.4, 0.5) is 0 Å². The molecule has 1 aromatic heterocycles. The van der Waals surface area contributed by atoms with Crippen LogP contribution in [0.25, 0.3) is 0 Å². The number of methoxy groups -OCH3 is 2. The van der Waals surface area contributed by atoms with E-state index in [4.69, 9.17) is 13.9 Å². The standard InChI is InChI=1S/C19H21NO4/c1-22-18-8-12-5-6-20-15(14(12)11-19(18)23-2)9-13(21)10-16(20)17-4-3-7-24-17/h3-4,7-8,11,15-16H,5-6,9-10H2,1-2H3/t15-,16-/m1/s1. The molecule has 24 heavy (non-hydrogen) atoms.